The molecule has 0 aromatic heterocycles. The van der Waals surface area contributed by atoms with Crippen LogP contribution in [-0.4, -0.2) is 23.0 Å². The molecule has 4 nitrogen and oxygen atoms in total. The number of allylic oxidation sites excluding steroid dienone is 2. The zero-order valence-electron chi connectivity index (χ0n) is 16.6. The predicted molar refractivity (Wildman–Crippen MR) is 105 cm³/mol. The van der Waals surface area contributed by atoms with E-state index in [0.717, 1.165) is 25.7 Å². The van der Waals surface area contributed by atoms with Crippen molar-refractivity contribution >= 4 is 11.9 Å². The van der Waals surface area contributed by atoms with Crippen LogP contribution in [0.2, 0.25) is 0 Å². The lowest BCUT2D eigenvalue weighted by molar-refractivity contribution is -0.142. The van der Waals surface area contributed by atoms with Crippen LogP contribution in [0.1, 0.15) is 97.8 Å². The zero-order valence-corrected chi connectivity index (χ0v) is 16.6. The Morgan fingerprint density at radius 3 is 2.04 bits per heavy atom. The second-order valence-electron chi connectivity index (χ2n) is 7.36. The molecule has 0 saturated carbocycles. The van der Waals surface area contributed by atoms with Crippen molar-refractivity contribution in [1.82, 2.24) is 5.32 Å². The Labute approximate surface area is 154 Å². The van der Waals surface area contributed by atoms with Gasteiger partial charge >= 0.3 is 5.97 Å². The summed E-state index contributed by atoms with van der Waals surface area (Å²) in [6.45, 7) is 6.15. The summed E-state index contributed by atoms with van der Waals surface area (Å²) in [5, 5.41) is 11.8. The van der Waals surface area contributed by atoms with E-state index >= 15 is 0 Å². The summed E-state index contributed by atoms with van der Waals surface area (Å²) in [5.74, 6) is -0.824. The Morgan fingerprint density at radius 1 is 0.920 bits per heavy atom. The van der Waals surface area contributed by atoms with Gasteiger partial charge in [0.2, 0.25) is 5.91 Å². The van der Waals surface area contributed by atoms with Crippen molar-refractivity contribution in [3.63, 3.8) is 0 Å². The number of aliphatic carboxylic acids is 1. The summed E-state index contributed by atoms with van der Waals surface area (Å²) in [4.78, 5) is 23.0. The van der Waals surface area contributed by atoms with Gasteiger partial charge < -0.3 is 10.4 Å². The molecule has 0 fully saturated rings. The molecule has 0 heterocycles. The minimum absolute atomic E-state index is 0.136. The molecule has 0 unspecified atom stereocenters. The summed E-state index contributed by atoms with van der Waals surface area (Å²) in [6, 6.07) is -0.753. The summed E-state index contributed by atoms with van der Waals surface area (Å²) in [5.41, 5.74) is 0. The Morgan fingerprint density at radius 2 is 1.48 bits per heavy atom. The highest BCUT2D eigenvalue weighted by Gasteiger charge is 2.20. The minimum atomic E-state index is -0.940. The summed E-state index contributed by atoms with van der Waals surface area (Å²) >= 11 is 0. The summed E-state index contributed by atoms with van der Waals surface area (Å²) in [7, 11) is 0. The molecule has 4 heteroatoms. The van der Waals surface area contributed by atoms with Gasteiger partial charge in [-0.1, -0.05) is 65.0 Å². The van der Waals surface area contributed by atoms with E-state index in [-0.39, 0.29) is 11.8 Å². The van der Waals surface area contributed by atoms with Crippen LogP contribution in [-0.2, 0) is 9.59 Å². The van der Waals surface area contributed by atoms with Gasteiger partial charge in [0, 0.05) is 6.42 Å². The van der Waals surface area contributed by atoms with Crippen LogP contribution >= 0.6 is 0 Å². The lowest BCUT2D eigenvalue weighted by atomic mass is 10.0. The van der Waals surface area contributed by atoms with Gasteiger partial charge in [-0.3, -0.25) is 4.79 Å². The molecule has 0 aliphatic heterocycles. The SMILES string of the molecule is CCCCC/C=C\CCCCCCCC(=O)N[C@@H](CC(C)C)C(=O)O. The lowest BCUT2D eigenvalue weighted by Crippen LogP contribution is -2.41. The van der Waals surface area contributed by atoms with Gasteiger partial charge in [0.25, 0.3) is 0 Å². The van der Waals surface area contributed by atoms with Gasteiger partial charge in [0.15, 0.2) is 0 Å². The highest BCUT2D eigenvalue weighted by molar-refractivity contribution is 5.83. The molecule has 1 amide bonds. The molecule has 2 N–H and O–H groups in total. The highest BCUT2D eigenvalue weighted by Crippen LogP contribution is 2.10. The molecular formula is C21H39NO3. The van der Waals surface area contributed by atoms with E-state index in [1.807, 2.05) is 13.8 Å². The fraction of sp³-hybridized carbons (Fsp3) is 0.810. The van der Waals surface area contributed by atoms with Crippen LogP contribution in [0.3, 0.4) is 0 Å². The van der Waals surface area contributed by atoms with Crippen molar-refractivity contribution in [3.05, 3.63) is 12.2 Å². The number of nitrogens with one attached hydrogen (secondary N) is 1. The van der Waals surface area contributed by atoms with Crippen molar-refractivity contribution in [1.29, 1.82) is 0 Å². The molecule has 1 atom stereocenters. The first kappa shape index (κ1) is 23.7. The maximum Gasteiger partial charge on any atom is 0.326 e. The molecule has 146 valence electrons. The monoisotopic (exact) mass is 353 g/mol. The third-order valence-electron chi connectivity index (χ3n) is 4.26. The maximum atomic E-state index is 11.8. The number of hydrogen-bond acceptors (Lipinski definition) is 2. The predicted octanol–water partition coefficient (Wildman–Crippen LogP) is 5.47. The second-order valence-corrected chi connectivity index (χ2v) is 7.36. The number of hydrogen-bond donors (Lipinski definition) is 2. The highest BCUT2D eigenvalue weighted by atomic mass is 16.4. The van der Waals surface area contributed by atoms with Crippen molar-refractivity contribution in [2.45, 2.75) is 104 Å². The Hall–Kier alpha value is -1.32. The topological polar surface area (TPSA) is 66.4 Å². The minimum Gasteiger partial charge on any atom is -0.480 e. The lowest BCUT2D eigenvalue weighted by Gasteiger charge is -2.16. The number of rotatable bonds is 16. The van der Waals surface area contributed by atoms with E-state index in [1.165, 1.54) is 38.5 Å². The Bertz CT molecular complexity index is 377. The molecule has 0 aromatic carbocycles. The van der Waals surface area contributed by atoms with E-state index in [9.17, 15) is 9.59 Å². The average molecular weight is 354 g/mol. The third kappa shape index (κ3) is 15.9. The van der Waals surface area contributed by atoms with Crippen molar-refractivity contribution < 1.29 is 14.7 Å². The largest absolute Gasteiger partial charge is 0.480 e. The van der Waals surface area contributed by atoms with E-state index in [2.05, 4.69) is 24.4 Å². The average Bonchev–Trinajstić information content (AvgIpc) is 2.54. The van der Waals surface area contributed by atoms with E-state index < -0.39 is 12.0 Å². The Kier molecular flexibility index (Phi) is 15.3. The maximum absolute atomic E-state index is 11.8. The van der Waals surface area contributed by atoms with Gasteiger partial charge in [-0.15, -0.1) is 0 Å². The van der Waals surface area contributed by atoms with E-state index in [1.54, 1.807) is 0 Å². The van der Waals surface area contributed by atoms with Crippen LogP contribution in [0.5, 0.6) is 0 Å². The number of carbonyl (C=O) groups excluding carboxylic acids is 1. The number of carboxylic acid groups (broad SMARTS) is 1. The fourth-order valence-electron chi connectivity index (χ4n) is 2.79. The number of carboxylic acids is 1. The molecule has 0 rings (SSSR count). The standard InChI is InChI=1S/C21H39NO3/c1-4-5-6-7-8-9-10-11-12-13-14-15-16-20(23)22-19(21(24)25)17-18(2)3/h8-9,18-19H,4-7,10-17H2,1-3H3,(H,22,23)(H,24,25)/b9-8-/t19-/m0/s1. The van der Waals surface area contributed by atoms with Crippen LogP contribution in [0.25, 0.3) is 0 Å². The van der Waals surface area contributed by atoms with Gasteiger partial charge in [-0.25, -0.2) is 4.79 Å². The molecule has 0 spiro atoms. The molecule has 0 radical (unpaired) electrons. The smallest absolute Gasteiger partial charge is 0.326 e. The molecule has 0 aromatic rings. The van der Waals surface area contributed by atoms with E-state index in [4.69, 9.17) is 5.11 Å². The van der Waals surface area contributed by atoms with Crippen LogP contribution < -0.4 is 5.32 Å². The fourth-order valence-corrected chi connectivity index (χ4v) is 2.79. The van der Waals surface area contributed by atoms with Crippen LogP contribution in [0.4, 0.5) is 0 Å². The normalized spacial score (nSPS) is 12.6. The van der Waals surface area contributed by atoms with Gasteiger partial charge in [-0.05, 0) is 44.4 Å². The summed E-state index contributed by atoms with van der Waals surface area (Å²) < 4.78 is 0. The number of amides is 1. The van der Waals surface area contributed by atoms with Crippen molar-refractivity contribution in [2.24, 2.45) is 5.92 Å². The quantitative estimate of drug-likeness (QED) is 0.286. The molecule has 25 heavy (non-hydrogen) atoms. The Balaban J connectivity index is 3.58. The molecule has 0 aliphatic carbocycles. The van der Waals surface area contributed by atoms with Crippen molar-refractivity contribution in [3.8, 4) is 0 Å². The number of carbonyl (C=O) groups is 2. The van der Waals surface area contributed by atoms with Crippen LogP contribution in [0, 0.1) is 5.92 Å². The van der Waals surface area contributed by atoms with Gasteiger partial charge in [-0.2, -0.15) is 0 Å². The first-order valence-corrected chi connectivity index (χ1v) is 10.1. The first-order chi connectivity index (χ1) is 12.0. The molecular weight excluding hydrogens is 314 g/mol. The molecule has 0 saturated heterocycles. The van der Waals surface area contributed by atoms with E-state index in [0.29, 0.717) is 12.8 Å². The third-order valence-corrected chi connectivity index (χ3v) is 4.26. The summed E-state index contributed by atoms with van der Waals surface area (Å²) in [6.07, 6.45) is 17.2. The molecule has 0 aliphatic rings. The van der Waals surface area contributed by atoms with Crippen molar-refractivity contribution in [2.75, 3.05) is 0 Å². The second kappa shape index (κ2) is 16.2. The zero-order chi connectivity index (χ0) is 18.9. The first-order valence-electron chi connectivity index (χ1n) is 10.1. The van der Waals surface area contributed by atoms with Crippen LogP contribution in [0.15, 0.2) is 12.2 Å². The molecule has 0 bridgehead atoms. The van der Waals surface area contributed by atoms with Gasteiger partial charge in [0.1, 0.15) is 6.04 Å². The van der Waals surface area contributed by atoms with Gasteiger partial charge in [0.05, 0.1) is 0 Å². The number of unbranched alkanes of at least 4 members (excludes halogenated alkanes) is 8.